The summed E-state index contributed by atoms with van der Waals surface area (Å²) in [4.78, 5) is 12.5. The van der Waals surface area contributed by atoms with Gasteiger partial charge in [-0.1, -0.05) is 35.9 Å². The van der Waals surface area contributed by atoms with Crippen LogP contribution in [0.15, 0.2) is 47.8 Å². The summed E-state index contributed by atoms with van der Waals surface area (Å²) >= 11 is 6.90. The molecule has 0 saturated heterocycles. The summed E-state index contributed by atoms with van der Waals surface area (Å²) in [6.07, 6.45) is 0. The first-order valence-corrected chi connectivity index (χ1v) is 10.3. The molecule has 0 spiro atoms. The Kier molecular flexibility index (Phi) is 5.45. The minimum Gasteiger partial charge on any atom is -0.486 e. The van der Waals surface area contributed by atoms with Crippen LogP contribution < -0.4 is 14.8 Å². The van der Waals surface area contributed by atoms with Gasteiger partial charge in [-0.25, -0.2) is 0 Å². The fraction of sp³-hybridized carbons (Fsp3) is 0.238. The van der Waals surface area contributed by atoms with Crippen LogP contribution in [0.3, 0.4) is 0 Å². The second-order valence-electron chi connectivity index (χ2n) is 6.59. The second kappa shape index (κ2) is 8.16. The van der Waals surface area contributed by atoms with Crippen molar-refractivity contribution in [2.45, 2.75) is 20.0 Å². The standard InChI is InChI=1S/C21H20N2O3S2/c1-14-2-5-16(6-3-14)17-13-28-21(27)23(17)12-20(24)22-11-15-4-7-18-19(10-15)26-9-8-25-18/h2-7,10,13H,8-9,11-12H2,1H3,(H,22,24). The molecule has 0 aliphatic carbocycles. The average molecular weight is 413 g/mol. The monoisotopic (exact) mass is 412 g/mol. The molecule has 1 aliphatic rings. The smallest absolute Gasteiger partial charge is 0.240 e. The van der Waals surface area contributed by atoms with Crippen LogP contribution in [-0.2, 0) is 17.9 Å². The molecule has 1 N–H and O–H groups in total. The molecule has 1 aromatic heterocycles. The highest BCUT2D eigenvalue weighted by molar-refractivity contribution is 7.73. The molecule has 0 unspecified atom stereocenters. The summed E-state index contributed by atoms with van der Waals surface area (Å²) in [5.41, 5.74) is 4.17. The fourth-order valence-corrected chi connectivity index (χ4v) is 4.10. The molecule has 144 valence electrons. The van der Waals surface area contributed by atoms with E-state index in [0.29, 0.717) is 23.7 Å². The van der Waals surface area contributed by atoms with E-state index < -0.39 is 0 Å². The van der Waals surface area contributed by atoms with Crippen LogP contribution in [0.5, 0.6) is 11.5 Å². The van der Waals surface area contributed by atoms with Gasteiger partial charge in [0.1, 0.15) is 19.8 Å². The summed E-state index contributed by atoms with van der Waals surface area (Å²) in [5, 5.41) is 4.96. The van der Waals surface area contributed by atoms with Crippen molar-refractivity contribution in [3.63, 3.8) is 0 Å². The molecule has 0 atom stereocenters. The molecule has 7 heteroatoms. The van der Waals surface area contributed by atoms with Crippen LogP contribution in [0.4, 0.5) is 0 Å². The maximum Gasteiger partial charge on any atom is 0.240 e. The van der Waals surface area contributed by atoms with E-state index in [2.05, 4.69) is 36.5 Å². The molecule has 1 aliphatic heterocycles. The number of aromatic nitrogens is 1. The van der Waals surface area contributed by atoms with Gasteiger partial charge in [-0.2, -0.15) is 0 Å². The molecule has 0 bridgehead atoms. The lowest BCUT2D eigenvalue weighted by Gasteiger charge is -2.19. The number of nitrogens with zero attached hydrogens (tertiary/aromatic N) is 1. The number of thiazole rings is 1. The van der Waals surface area contributed by atoms with Crippen LogP contribution in [-0.4, -0.2) is 23.7 Å². The Morgan fingerprint density at radius 1 is 1.14 bits per heavy atom. The normalized spacial score (nSPS) is 12.6. The molecule has 0 saturated carbocycles. The van der Waals surface area contributed by atoms with Gasteiger partial charge in [-0.05, 0) is 42.4 Å². The van der Waals surface area contributed by atoms with Crippen molar-refractivity contribution in [3.8, 4) is 22.8 Å². The van der Waals surface area contributed by atoms with Crippen LogP contribution in [0.25, 0.3) is 11.3 Å². The first-order chi connectivity index (χ1) is 13.6. The number of nitrogens with one attached hydrogen (secondary N) is 1. The van der Waals surface area contributed by atoms with E-state index in [4.69, 9.17) is 21.7 Å². The van der Waals surface area contributed by atoms with Crippen LogP contribution in [0.2, 0.25) is 0 Å². The lowest BCUT2D eigenvalue weighted by molar-refractivity contribution is -0.121. The number of carbonyl (C=O) groups excluding carboxylic acids is 1. The average Bonchev–Trinajstić information content (AvgIpc) is 3.07. The molecule has 28 heavy (non-hydrogen) atoms. The number of amides is 1. The molecule has 5 nitrogen and oxygen atoms in total. The molecule has 1 amide bonds. The maximum atomic E-state index is 12.5. The predicted molar refractivity (Wildman–Crippen MR) is 113 cm³/mol. The minimum atomic E-state index is -0.0854. The van der Waals surface area contributed by atoms with Gasteiger partial charge < -0.3 is 19.4 Å². The van der Waals surface area contributed by atoms with Crippen molar-refractivity contribution in [2.24, 2.45) is 0 Å². The number of benzene rings is 2. The van der Waals surface area contributed by atoms with E-state index in [1.165, 1.54) is 16.9 Å². The first kappa shape index (κ1) is 18.7. The minimum absolute atomic E-state index is 0.0854. The largest absolute Gasteiger partial charge is 0.486 e. The molecule has 4 rings (SSSR count). The van der Waals surface area contributed by atoms with Crippen LogP contribution in [0, 0.1) is 10.9 Å². The highest BCUT2D eigenvalue weighted by Gasteiger charge is 2.13. The molecule has 0 fully saturated rings. The Balaban J connectivity index is 1.44. The summed E-state index contributed by atoms with van der Waals surface area (Å²) < 4.78 is 13.7. The lowest BCUT2D eigenvalue weighted by atomic mass is 10.1. The zero-order valence-corrected chi connectivity index (χ0v) is 17.1. The summed E-state index contributed by atoms with van der Waals surface area (Å²) in [7, 11) is 0. The van der Waals surface area contributed by atoms with E-state index in [0.717, 1.165) is 28.3 Å². The first-order valence-electron chi connectivity index (χ1n) is 9.01. The lowest BCUT2D eigenvalue weighted by Crippen LogP contribution is -2.27. The molecular weight excluding hydrogens is 392 g/mol. The summed E-state index contributed by atoms with van der Waals surface area (Å²) in [5.74, 6) is 1.38. The van der Waals surface area contributed by atoms with E-state index in [-0.39, 0.29) is 12.5 Å². The van der Waals surface area contributed by atoms with Crippen LogP contribution in [0.1, 0.15) is 11.1 Å². The zero-order valence-electron chi connectivity index (χ0n) is 15.4. The highest BCUT2D eigenvalue weighted by Crippen LogP contribution is 2.30. The number of rotatable bonds is 5. The zero-order chi connectivity index (χ0) is 19.5. The van der Waals surface area contributed by atoms with Crippen LogP contribution >= 0.6 is 23.6 Å². The van der Waals surface area contributed by atoms with E-state index >= 15 is 0 Å². The van der Waals surface area contributed by atoms with Crippen molar-refractivity contribution in [1.82, 2.24) is 9.88 Å². The van der Waals surface area contributed by atoms with Gasteiger partial charge in [0.05, 0.1) is 5.69 Å². The van der Waals surface area contributed by atoms with Crippen molar-refractivity contribution in [3.05, 3.63) is 62.9 Å². The quantitative estimate of drug-likeness (QED) is 0.634. The molecule has 2 aromatic carbocycles. The third-order valence-corrected chi connectivity index (χ3v) is 5.80. The van der Waals surface area contributed by atoms with Gasteiger partial charge in [0.25, 0.3) is 0 Å². The maximum absolute atomic E-state index is 12.5. The number of aryl methyl sites for hydroxylation is 1. The topological polar surface area (TPSA) is 52.5 Å². The fourth-order valence-electron chi connectivity index (χ4n) is 3.03. The number of hydrogen-bond acceptors (Lipinski definition) is 5. The van der Waals surface area contributed by atoms with Gasteiger partial charge in [0.15, 0.2) is 15.5 Å². The molecule has 2 heterocycles. The van der Waals surface area contributed by atoms with Gasteiger partial charge >= 0.3 is 0 Å². The Morgan fingerprint density at radius 2 is 1.89 bits per heavy atom. The van der Waals surface area contributed by atoms with Gasteiger partial charge in [0.2, 0.25) is 5.91 Å². The van der Waals surface area contributed by atoms with Gasteiger partial charge in [-0.3, -0.25) is 4.79 Å². The SMILES string of the molecule is Cc1ccc(-c2csc(=S)n2CC(=O)NCc2ccc3c(c2)OCCO3)cc1. The Morgan fingerprint density at radius 3 is 2.68 bits per heavy atom. The Labute approximate surface area is 172 Å². The molecule has 3 aromatic rings. The predicted octanol–water partition coefficient (Wildman–Crippen LogP) is 4.34. The van der Waals surface area contributed by atoms with Gasteiger partial charge in [0, 0.05) is 11.9 Å². The number of fused-ring (bicyclic) bond motifs is 1. The van der Waals surface area contributed by atoms with Crippen molar-refractivity contribution in [2.75, 3.05) is 13.2 Å². The second-order valence-corrected chi connectivity index (χ2v) is 8.10. The summed E-state index contributed by atoms with van der Waals surface area (Å²) in [6.45, 7) is 3.77. The molecule has 0 radical (unpaired) electrons. The number of hydrogen-bond donors (Lipinski definition) is 1. The highest BCUT2D eigenvalue weighted by atomic mass is 32.1. The van der Waals surface area contributed by atoms with Crippen molar-refractivity contribution < 1.29 is 14.3 Å². The third kappa shape index (κ3) is 4.10. The van der Waals surface area contributed by atoms with E-state index in [9.17, 15) is 4.79 Å². The number of ether oxygens (including phenoxy) is 2. The van der Waals surface area contributed by atoms with E-state index in [1.54, 1.807) is 0 Å². The van der Waals surface area contributed by atoms with E-state index in [1.807, 2.05) is 28.1 Å². The van der Waals surface area contributed by atoms with Crippen molar-refractivity contribution in [1.29, 1.82) is 0 Å². The Bertz CT molecular complexity index is 1050. The summed E-state index contributed by atoms with van der Waals surface area (Å²) in [6, 6.07) is 13.9. The van der Waals surface area contributed by atoms with Gasteiger partial charge in [-0.15, -0.1) is 11.3 Å². The number of carbonyl (C=O) groups is 1. The third-order valence-electron chi connectivity index (χ3n) is 4.53. The molecular formula is C21H20N2O3S2. The van der Waals surface area contributed by atoms with Crippen molar-refractivity contribution >= 4 is 29.5 Å². The Hall–Kier alpha value is -2.64.